The molecule has 58 heavy (non-hydrogen) atoms. The van der Waals surface area contributed by atoms with Crippen LogP contribution in [0.15, 0.2) is 194 Å². The van der Waals surface area contributed by atoms with Gasteiger partial charge in [-0.25, -0.2) is 19.9 Å². The molecular formula is C52H32N6. The lowest BCUT2D eigenvalue weighted by Crippen LogP contribution is -2.00. The van der Waals surface area contributed by atoms with Crippen molar-refractivity contribution in [3.05, 3.63) is 194 Å². The van der Waals surface area contributed by atoms with Crippen LogP contribution >= 0.6 is 0 Å². The summed E-state index contributed by atoms with van der Waals surface area (Å²) in [6.07, 6.45) is 0. The zero-order valence-electron chi connectivity index (χ0n) is 31.2. The molecule has 6 nitrogen and oxygen atoms in total. The fourth-order valence-corrected chi connectivity index (χ4v) is 8.60. The minimum Gasteiger partial charge on any atom is -0.309 e. The minimum absolute atomic E-state index is 0.642. The molecule has 6 heteroatoms. The first kappa shape index (κ1) is 32.3. The number of fused-ring (bicyclic) bond motifs is 11. The zero-order valence-corrected chi connectivity index (χ0v) is 31.2. The number of pyridine rings is 1. The fraction of sp³-hybridized carbons (Fsp3) is 0. The van der Waals surface area contributed by atoms with Crippen molar-refractivity contribution >= 4 is 60.2 Å². The predicted molar refractivity (Wildman–Crippen MR) is 237 cm³/mol. The molecule has 0 atom stereocenters. The van der Waals surface area contributed by atoms with Gasteiger partial charge in [0.05, 0.1) is 27.6 Å². The van der Waals surface area contributed by atoms with Gasteiger partial charge in [-0.3, -0.25) is 4.40 Å². The molecule has 8 aromatic carbocycles. The lowest BCUT2D eigenvalue weighted by Gasteiger charge is -2.12. The summed E-state index contributed by atoms with van der Waals surface area (Å²) in [4.78, 5) is 19.8. The van der Waals surface area contributed by atoms with Crippen molar-refractivity contribution in [3.8, 4) is 51.0 Å². The number of hydrogen-bond donors (Lipinski definition) is 0. The van der Waals surface area contributed by atoms with E-state index < -0.39 is 0 Å². The van der Waals surface area contributed by atoms with Crippen LogP contribution < -0.4 is 0 Å². The molecule has 0 saturated carbocycles. The van der Waals surface area contributed by atoms with Crippen molar-refractivity contribution < 1.29 is 0 Å². The maximum atomic E-state index is 5.12. The van der Waals surface area contributed by atoms with E-state index in [4.69, 9.17) is 19.9 Å². The third kappa shape index (κ3) is 5.05. The van der Waals surface area contributed by atoms with E-state index in [2.05, 4.69) is 142 Å². The Kier molecular flexibility index (Phi) is 7.13. The number of hydrogen-bond acceptors (Lipinski definition) is 4. The van der Waals surface area contributed by atoms with Crippen LogP contribution in [0.4, 0.5) is 0 Å². The number of benzene rings is 8. The first-order valence-electron chi connectivity index (χ1n) is 19.5. The predicted octanol–water partition coefficient (Wildman–Crippen LogP) is 12.7. The van der Waals surface area contributed by atoms with E-state index >= 15 is 0 Å². The largest absolute Gasteiger partial charge is 0.309 e. The standard InChI is InChI=1S/C52H32N6/c1-3-13-35(14-4-1)49-54-50(36-15-5-2-6-16-36)56-51(55-49)37-25-23-33(24-26-37)34-27-29-38(30-28-34)57-45-21-11-9-18-40(45)43-32-48-42(31-47(43)57)39-17-7-8-19-41(39)52-53-44-20-10-12-22-46(44)58(48)52/h1-32H. The van der Waals surface area contributed by atoms with Gasteiger partial charge >= 0.3 is 0 Å². The maximum absolute atomic E-state index is 5.12. The molecule has 0 radical (unpaired) electrons. The molecule has 4 aromatic heterocycles. The summed E-state index contributed by atoms with van der Waals surface area (Å²) in [5.41, 5.74) is 12.8. The first-order chi connectivity index (χ1) is 28.7. The molecule has 4 heterocycles. The monoisotopic (exact) mass is 740 g/mol. The maximum Gasteiger partial charge on any atom is 0.164 e. The summed E-state index contributed by atoms with van der Waals surface area (Å²) in [5, 5.41) is 5.97. The highest BCUT2D eigenvalue weighted by molar-refractivity contribution is 6.20. The van der Waals surface area contributed by atoms with Gasteiger partial charge in [0.1, 0.15) is 5.65 Å². The number of aromatic nitrogens is 6. The fourth-order valence-electron chi connectivity index (χ4n) is 8.60. The Morgan fingerprint density at radius 1 is 0.293 bits per heavy atom. The van der Waals surface area contributed by atoms with Crippen molar-refractivity contribution in [2.75, 3.05) is 0 Å². The molecular weight excluding hydrogens is 709 g/mol. The molecule has 0 unspecified atom stereocenters. The third-order valence-corrected chi connectivity index (χ3v) is 11.4. The Balaban J connectivity index is 0.962. The smallest absolute Gasteiger partial charge is 0.164 e. The van der Waals surface area contributed by atoms with Crippen LogP contribution in [0, 0.1) is 0 Å². The molecule has 0 aliphatic rings. The van der Waals surface area contributed by atoms with E-state index in [9.17, 15) is 0 Å². The van der Waals surface area contributed by atoms with Gasteiger partial charge in [0, 0.05) is 43.9 Å². The molecule has 0 bridgehead atoms. The number of para-hydroxylation sites is 3. The highest BCUT2D eigenvalue weighted by atomic mass is 15.0. The topological polar surface area (TPSA) is 60.9 Å². The van der Waals surface area contributed by atoms with Gasteiger partial charge in [0.2, 0.25) is 0 Å². The highest BCUT2D eigenvalue weighted by Gasteiger charge is 2.19. The Hall–Kier alpha value is -7.96. The van der Waals surface area contributed by atoms with E-state index in [1.54, 1.807) is 0 Å². The van der Waals surface area contributed by atoms with Gasteiger partial charge in [-0.05, 0) is 59.0 Å². The highest BCUT2D eigenvalue weighted by Crippen LogP contribution is 2.39. The van der Waals surface area contributed by atoms with Gasteiger partial charge in [0.25, 0.3) is 0 Å². The van der Waals surface area contributed by atoms with Gasteiger partial charge in [-0.1, -0.05) is 152 Å². The molecule has 0 aliphatic carbocycles. The first-order valence-corrected chi connectivity index (χ1v) is 19.5. The molecule has 0 amide bonds. The SMILES string of the molecule is c1ccc(-c2nc(-c3ccccc3)nc(-c3ccc(-c4ccc(-n5c6ccccc6c6cc7c(cc65)c5ccccc5c5nc6ccccc6n75)cc4)cc3)n2)cc1. The Labute approximate surface area is 333 Å². The van der Waals surface area contributed by atoms with Crippen LogP contribution in [0.2, 0.25) is 0 Å². The second-order valence-electron chi connectivity index (χ2n) is 14.7. The summed E-state index contributed by atoms with van der Waals surface area (Å²) >= 11 is 0. The quantitative estimate of drug-likeness (QED) is 0.165. The lowest BCUT2D eigenvalue weighted by molar-refractivity contribution is 1.07. The van der Waals surface area contributed by atoms with Crippen LogP contribution in [0.1, 0.15) is 0 Å². The normalized spacial score (nSPS) is 11.8. The summed E-state index contributed by atoms with van der Waals surface area (Å²) < 4.78 is 4.74. The van der Waals surface area contributed by atoms with Crippen molar-refractivity contribution in [2.45, 2.75) is 0 Å². The molecule has 270 valence electrons. The van der Waals surface area contributed by atoms with E-state index in [-0.39, 0.29) is 0 Å². The number of nitrogens with zero attached hydrogens (tertiary/aromatic N) is 6. The van der Waals surface area contributed by atoms with Crippen molar-refractivity contribution in [1.29, 1.82) is 0 Å². The van der Waals surface area contributed by atoms with Gasteiger partial charge < -0.3 is 4.57 Å². The van der Waals surface area contributed by atoms with Crippen molar-refractivity contribution in [1.82, 2.24) is 28.9 Å². The summed E-state index contributed by atoms with van der Waals surface area (Å²) in [6, 6.07) is 68.1. The average Bonchev–Trinajstić information content (AvgIpc) is 3.85. The molecule has 12 rings (SSSR count). The van der Waals surface area contributed by atoms with E-state index in [0.717, 1.165) is 61.1 Å². The Morgan fingerprint density at radius 2 is 0.759 bits per heavy atom. The van der Waals surface area contributed by atoms with Crippen LogP contribution in [0.3, 0.4) is 0 Å². The Bertz CT molecular complexity index is 3470. The van der Waals surface area contributed by atoms with E-state index in [1.807, 2.05) is 60.7 Å². The van der Waals surface area contributed by atoms with Gasteiger partial charge in [-0.2, -0.15) is 0 Å². The summed E-state index contributed by atoms with van der Waals surface area (Å²) in [7, 11) is 0. The van der Waals surface area contributed by atoms with Crippen LogP contribution in [0.5, 0.6) is 0 Å². The van der Waals surface area contributed by atoms with Crippen molar-refractivity contribution in [3.63, 3.8) is 0 Å². The second-order valence-corrected chi connectivity index (χ2v) is 14.7. The molecule has 0 N–H and O–H groups in total. The van der Waals surface area contributed by atoms with Crippen LogP contribution in [0.25, 0.3) is 111 Å². The third-order valence-electron chi connectivity index (χ3n) is 11.4. The minimum atomic E-state index is 0.642. The number of rotatable bonds is 5. The van der Waals surface area contributed by atoms with Crippen molar-refractivity contribution in [2.24, 2.45) is 0 Å². The molecule has 0 aliphatic heterocycles. The summed E-state index contributed by atoms with van der Waals surface area (Å²) in [6.45, 7) is 0. The van der Waals surface area contributed by atoms with Crippen LogP contribution in [-0.2, 0) is 0 Å². The zero-order chi connectivity index (χ0) is 38.2. The van der Waals surface area contributed by atoms with E-state index in [0.29, 0.717) is 17.5 Å². The molecule has 0 fully saturated rings. The van der Waals surface area contributed by atoms with Gasteiger partial charge in [-0.15, -0.1) is 0 Å². The second kappa shape index (κ2) is 12.8. The van der Waals surface area contributed by atoms with E-state index in [1.165, 1.54) is 32.6 Å². The van der Waals surface area contributed by atoms with Gasteiger partial charge in [0.15, 0.2) is 17.5 Å². The molecule has 12 aromatic rings. The van der Waals surface area contributed by atoms with Crippen LogP contribution in [-0.4, -0.2) is 28.9 Å². The average molecular weight is 741 g/mol. The molecule has 0 saturated heterocycles. The summed E-state index contributed by atoms with van der Waals surface area (Å²) in [5.74, 6) is 1.95. The Morgan fingerprint density at radius 3 is 1.41 bits per heavy atom. The number of imidazole rings is 1. The lowest BCUT2D eigenvalue weighted by atomic mass is 10.0. The molecule has 0 spiro atoms.